The summed E-state index contributed by atoms with van der Waals surface area (Å²) in [6.45, 7) is 36.0. The number of hydrogen-bond acceptors (Lipinski definition) is 4. The Kier molecular flexibility index (Phi) is 46.6. The van der Waals surface area contributed by atoms with Gasteiger partial charge in [-0.3, -0.25) is 4.79 Å². The molecule has 0 aromatic carbocycles. The molecular weight excluding hydrogens is 526 g/mol. The molecule has 1 saturated heterocycles. The lowest BCUT2D eigenvalue weighted by Gasteiger charge is -2.35. The van der Waals surface area contributed by atoms with Crippen LogP contribution in [-0.4, -0.2) is 54.3 Å². The van der Waals surface area contributed by atoms with Crippen molar-refractivity contribution < 1.29 is 4.79 Å². The molecule has 4 atom stereocenters. The molecule has 1 aliphatic heterocycles. The van der Waals surface area contributed by atoms with Crippen LogP contribution in [-0.2, 0) is 4.79 Å². The molecule has 0 aliphatic carbocycles. The lowest BCUT2D eigenvalue weighted by molar-refractivity contribution is -0.121. The standard InChI is InChI=1S/C21H42ClNO.C6H14N2.C3H8.3C2H6/c1-8-11-19(13-10-12-16(3)22)21(6,7)15-14-20(24)18(5)23-17(4)9-2;7-3-6-8-4-1-2-5-8;1-3-2;3*1-2/h16-19,23H,8-15H2,1-7H3;1-7H2;3H2,1-2H3;3*1-2H3. The Bertz CT molecular complexity index is 479. The smallest absolute Gasteiger partial charge is 0.149 e. The maximum Gasteiger partial charge on any atom is 0.149 e. The quantitative estimate of drug-likeness (QED) is 0.171. The van der Waals surface area contributed by atoms with Crippen LogP contribution in [0.25, 0.3) is 0 Å². The average molecular weight is 609 g/mol. The van der Waals surface area contributed by atoms with Crippen LogP contribution in [0.15, 0.2) is 0 Å². The molecule has 3 N–H and O–H groups in total. The summed E-state index contributed by atoms with van der Waals surface area (Å²) in [5.41, 5.74) is 5.59. The third-order valence-electron chi connectivity index (χ3n) is 7.19. The van der Waals surface area contributed by atoms with Crippen molar-refractivity contribution >= 4 is 17.4 Å². The molecule has 1 heterocycles. The molecule has 41 heavy (non-hydrogen) atoms. The van der Waals surface area contributed by atoms with Crippen LogP contribution in [0.5, 0.6) is 0 Å². The molecule has 0 aromatic rings. The Hall–Kier alpha value is -0.160. The number of carbonyl (C=O) groups is 1. The van der Waals surface area contributed by atoms with Gasteiger partial charge in [-0.05, 0) is 83.7 Å². The van der Waals surface area contributed by atoms with Crippen molar-refractivity contribution in [3.63, 3.8) is 0 Å². The molecule has 254 valence electrons. The number of carbonyl (C=O) groups excluding carboxylic acids is 1. The maximum absolute atomic E-state index is 12.4. The summed E-state index contributed by atoms with van der Waals surface area (Å²) in [5, 5.41) is 3.67. The van der Waals surface area contributed by atoms with Crippen molar-refractivity contribution in [3.05, 3.63) is 0 Å². The minimum absolute atomic E-state index is 0.0301. The van der Waals surface area contributed by atoms with Gasteiger partial charge in [0, 0.05) is 30.9 Å². The highest BCUT2D eigenvalue weighted by Crippen LogP contribution is 2.38. The Morgan fingerprint density at radius 3 is 1.78 bits per heavy atom. The largest absolute Gasteiger partial charge is 0.329 e. The van der Waals surface area contributed by atoms with Gasteiger partial charge in [-0.2, -0.15) is 0 Å². The zero-order chi connectivity index (χ0) is 33.3. The van der Waals surface area contributed by atoms with E-state index in [2.05, 4.69) is 65.6 Å². The lowest BCUT2D eigenvalue weighted by Crippen LogP contribution is -2.40. The maximum atomic E-state index is 12.4. The highest BCUT2D eigenvalue weighted by molar-refractivity contribution is 6.20. The zero-order valence-electron chi connectivity index (χ0n) is 31.2. The summed E-state index contributed by atoms with van der Waals surface area (Å²) in [5.74, 6) is 1.04. The summed E-state index contributed by atoms with van der Waals surface area (Å²) in [4.78, 5) is 14.9. The van der Waals surface area contributed by atoms with E-state index < -0.39 is 0 Å². The van der Waals surface area contributed by atoms with Gasteiger partial charge in [0.25, 0.3) is 0 Å². The SMILES string of the molecule is CC.CC.CC.CCC.CCCC(CCCC(C)Cl)C(C)(C)CCC(=O)C(C)NC(C)CC.NCCN1CCCC1. The van der Waals surface area contributed by atoms with Gasteiger partial charge in [0.15, 0.2) is 0 Å². The number of nitrogens with zero attached hydrogens (tertiary/aromatic N) is 1. The molecule has 5 heteroatoms. The minimum atomic E-state index is -0.0301. The number of alkyl halides is 1. The number of nitrogens with two attached hydrogens (primary N) is 1. The van der Waals surface area contributed by atoms with Crippen molar-refractivity contribution in [1.29, 1.82) is 0 Å². The van der Waals surface area contributed by atoms with Gasteiger partial charge in [0.2, 0.25) is 0 Å². The molecule has 4 unspecified atom stereocenters. The predicted octanol–water partition coefficient (Wildman–Crippen LogP) is 10.9. The van der Waals surface area contributed by atoms with Gasteiger partial charge in [-0.25, -0.2) is 0 Å². The first-order chi connectivity index (χ1) is 19.5. The van der Waals surface area contributed by atoms with Gasteiger partial charge in [0.05, 0.1) is 6.04 Å². The van der Waals surface area contributed by atoms with Crippen LogP contribution in [0, 0.1) is 11.3 Å². The van der Waals surface area contributed by atoms with Crippen LogP contribution in [0.4, 0.5) is 0 Å². The van der Waals surface area contributed by atoms with Gasteiger partial charge < -0.3 is 16.0 Å². The second kappa shape index (κ2) is 37.9. The van der Waals surface area contributed by atoms with E-state index in [0.717, 1.165) is 32.4 Å². The Morgan fingerprint density at radius 2 is 1.39 bits per heavy atom. The van der Waals surface area contributed by atoms with Gasteiger partial charge in [-0.15, -0.1) is 11.6 Å². The Morgan fingerprint density at radius 1 is 0.902 bits per heavy atom. The lowest BCUT2D eigenvalue weighted by atomic mass is 9.70. The molecule has 0 radical (unpaired) electrons. The van der Waals surface area contributed by atoms with E-state index in [1.54, 1.807) is 0 Å². The molecular formula is C36H82ClN3O. The highest BCUT2D eigenvalue weighted by atomic mass is 35.5. The third kappa shape index (κ3) is 34.2. The van der Waals surface area contributed by atoms with Crippen LogP contribution >= 0.6 is 11.6 Å². The summed E-state index contributed by atoms with van der Waals surface area (Å²) in [6, 6.07) is 0.375. The fourth-order valence-corrected chi connectivity index (χ4v) is 4.77. The molecule has 0 bridgehead atoms. The van der Waals surface area contributed by atoms with Crippen molar-refractivity contribution in [2.75, 3.05) is 26.2 Å². The first-order valence-electron chi connectivity index (χ1n) is 17.8. The van der Waals surface area contributed by atoms with Crippen molar-refractivity contribution in [2.45, 2.75) is 192 Å². The first-order valence-corrected chi connectivity index (χ1v) is 18.3. The van der Waals surface area contributed by atoms with Gasteiger partial charge >= 0.3 is 0 Å². The van der Waals surface area contributed by atoms with Gasteiger partial charge in [-0.1, -0.05) is 109 Å². The van der Waals surface area contributed by atoms with E-state index in [0.29, 0.717) is 24.2 Å². The minimum Gasteiger partial charge on any atom is -0.329 e. The molecule has 0 aromatic heterocycles. The van der Waals surface area contributed by atoms with Crippen molar-refractivity contribution in [2.24, 2.45) is 17.1 Å². The molecule has 1 fully saturated rings. The average Bonchev–Trinajstić information content (AvgIpc) is 3.48. The summed E-state index contributed by atoms with van der Waals surface area (Å²) >= 11 is 6.09. The fourth-order valence-electron chi connectivity index (χ4n) is 4.61. The summed E-state index contributed by atoms with van der Waals surface area (Å²) in [6.07, 6.45) is 12.7. The van der Waals surface area contributed by atoms with E-state index in [1.807, 2.05) is 48.5 Å². The molecule has 1 rings (SSSR count). The number of nitrogens with one attached hydrogen (secondary N) is 1. The third-order valence-corrected chi connectivity index (χ3v) is 7.40. The van der Waals surface area contributed by atoms with Crippen molar-refractivity contribution in [1.82, 2.24) is 10.2 Å². The first kappa shape index (κ1) is 50.5. The number of likely N-dealkylation sites (tertiary alicyclic amines) is 1. The number of rotatable bonds is 16. The van der Waals surface area contributed by atoms with Crippen LogP contribution in [0.2, 0.25) is 0 Å². The second-order valence-corrected chi connectivity index (χ2v) is 12.1. The number of ketones is 1. The fraction of sp³-hybridized carbons (Fsp3) is 0.972. The molecule has 4 nitrogen and oxygen atoms in total. The highest BCUT2D eigenvalue weighted by Gasteiger charge is 2.29. The monoisotopic (exact) mass is 608 g/mol. The van der Waals surface area contributed by atoms with E-state index >= 15 is 0 Å². The number of hydrogen-bond donors (Lipinski definition) is 2. The van der Waals surface area contributed by atoms with E-state index in [-0.39, 0.29) is 16.8 Å². The zero-order valence-corrected chi connectivity index (χ0v) is 32.0. The number of halogens is 1. The topological polar surface area (TPSA) is 58.4 Å². The summed E-state index contributed by atoms with van der Waals surface area (Å²) in [7, 11) is 0. The molecule has 0 amide bonds. The Labute approximate surface area is 267 Å². The van der Waals surface area contributed by atoms with Crippen LogP contribution in [0.1, 0.15) is 174 Å². The molecule has 1 aliphatic rings. The predicted molar refractivity (Wildman–Crippen MR) is 193 cm³/mol. The second-order valence-electron chi connectivity index (χ2n) is 11.4. The van der Waals surface area contributed by atoms with E-state index in [4.69, 9.17) is 17.3 Å². The van der Waals surface area contributed by atoms with Crippen molar-refractivity contribution in [3.8, 4) is 0 Å². The van der Waals surface area contributed by atoms with Crippen LogP contribution in [0.3, 0.4) is 0 Å². The van der Waals surface area contributed by atoms with Crippen LogP contribution < -0.4 is 11.1 Å². The van der Waals surface area contributed by atoms with E-state index in [1.165, 1.54) is 58.0 Å². The number of Topliss-reactive ketones (excluding diaryl/α,β-unsaturated/α-hetero) is 1. The van der Waals surface area contributed by atoms with Gasteiger partial charge in [0.1, 0.15) is 5.78 Å². The van der Waals surface area contributed by atoms with E-state index in [9.17, 15) is 4.79 Å². The molecule has 0 saturated carbocycles. The summed E-state index contributed by atoms with van der Waals surface area (Å²) < 4.78 is 0. The Balaban J connectivity index is -0.000000207. The normalized spacial score (nSPS) is 15.3. The molecule has 0 spiro atoms.